The van der Waals surface area contributed by atoms with Crippen molar-refractivity contribution < 1.29 is 13.9 Å². The Balaban J connectivity index is 2.35. The zero-order chi connectivity index (χ0) is 15.6. The van der Waals surface area contributed by atoms with Crippen LogP contribution >= 0.6 is 0 Å². The molecule has 0 radical (unpaired) electrons. The number of hydrogen-bond donors (Lipinski definition) is 0. The van der Waals surface area contributed by atoms with Crippen LogP contribution in [0, 0.1) is 11.7 Å². The molecule has 0 N–H and O–H groups in total. The molecule has 3 nitrogen and oxygen atoms in total. The molecule has 116 valence electrons. The van der Waals surface area contributed by atoms with Crippen molar-refractivity contribution in [1.82, 2.24) is 4.90 Å². The maximum Gasteiger partial charge on any atom is 0.185 e. The fourth-order valence-electron chi connectivity index (χ4n) is 3.17. The maximum atomic E-state index is 14.2. The zero-order valence-electron chi connectivity index (χ0n) is 13.3. The molecule has 1 aromatic rings. The molecule has 2 rings (SSSR count). The summed E-state index contributed by atoms with van der Waals surface area (Å²) < 4.78 is 19.2. The van der Waals surface area contributed by atoms with E-state index in [0.717, 1.165) is 25.7 Å². The summed E-state index contributed by atoms with van der Waals surface area (Å²) in [6.07, 6.45) is 3.57. The van der Waals surface area contributed by atoms with E-state index >= 15 is 0 Å². The molecule has 0 saturated heterocycles. The molecular weight excluding hydrogens is 269 g/mol. The van der Waals surface area contributed by atoms with E-state index in [2.05, 4.69) is 6.92 Å². The lowest BCUT2D eigenvalue weighted by molar-refractivity contribution is 0.0509. The van der Waals surface area contributed by atoms with Gasteiger partial charge in [-0.25, -0.2) is 4.39 Å². The molecule has 0 unspecified atom stereocenters. The van der Waals surface area contributed by atoms with E-state index in [1.165, 1.54) is 13.2 Å². The first-order chi connectivity index (χ1) is 9.90. The molecule has 1 aromatic carbocycles. The number of methoxy groups -OCH3 is 1. The standard InChI is InChI=1S/C17H24FNO2/c1-12-7-9-17(10-8-12,19(2)3)16(20)14-6-5-13(21-4)11-15(14)18/h5-6,11-12H,7-10H2,1-4H3. The number of carbonyl (C=O) groups is 1. The summed E-state index contributed by atoms with van der Waals surface area (Å²) >= 11 is 0. The van der Waals surface area contributed by atoms with Crippen LogP contribution in [0.25, 0.3) is 0 Å². The van der Waals surface area contributed by atoms with E-state index < -0.39 is 11.4 Å². The van der Waals surface area contributed by atoms with Crippen molar-refractivity contribution in [3.63, 3.8) is 0 Å². The molecule has 21 heavy (non-hydrogen) atoms. The quantitative estimate of drug-likeness (QED) is 0.795. The molecule has 1 fully saturated rings. The molecule has 0 amide bonds. The highest BCUT2D eigenvalue weighted by Gasteiger charge is 2.43. The van der Waals surface area contributed by atoms with Crippen molar-refractivity contribution in [2.45, 2.75) is 38.1 Å². The minimum atomic E-state index is -0.581. The van der Waals surface area contributed by atoms with Gasteiger partial charge in [0.05, 0.1) is 18.2 Å². The van der Waals surface area contributed by atoms with Gasteiger partial charge < -0.3 is 4.74 Å². The van der Waals surface area contributed by atoms with Crippen molar-refractivity contribution in [1.29, 1.82) is 0 Å². The summed E-state index contributed by atoms with van der Waals surface area (Å²) in [4.78, 5) is 14.9. The Kier molecular flexibility index (Phi) is 4.67. The highest BCUT2D eigenvalue weighted by Crippen LogP contribution is 2.38. The van der Waals surface area contributed by atoms with Crippen LogP contribution in [-0.4, -0.2) is 37.4 Å². The number of carbonyl (C=O) groups excluding carboxylic acids is 1. The van der Waals surface area contributed by atoms with Gasteiger partial charge in [-0.15, -0.1) is 0 Å². The van der Waals surface area contributed by atoms with Crippen LogP contribution in [0.5, 0.6) is 5.75 Å². The van der Waals surface area contributed by atoms with Crippen LogP contribution in [0.15, 0.2) is 18.2 Å². The van der Waals surface area contributed by atoms with Gasteiger partial charge in [-0.2, -0.15) is 0 Å². The third-order valence-electron chi connectivity index (χ3n) is 4.80. The molecular formula is C17H24FNO2. The van der Waals surface area contributed by atoms with Crippen LogP contribution in [-0.2, 0) is 0 Å². The minimum Gasteiger partial charge on any atom is -0.497 e. The molecule has 0 heterocycles. The number of ether oxygens (including phenoxy) is 1. The molecule has 4 heteroatoms. The van der Waals surface area contributed by atoms with Crippen LogP contribution in [0.4, 0.5) is 4.39 Å². The number of ketones is 1. The van der Waals surface area contributed by atoms with E-state index in [0.29, 0.717) is 11.7 Å². The lowest BCUT2D eigenvalue weighted by Gasteiger charge is -2.43. The first-order valence-electron chi connectivity index (χ1n) is 7.46. The van der Waals surface area contributed by atoms with Gasteiger partial charge in [0.1, 0.15) is 11.6 Å². The average Bonchev–Trinajstić information content (AvgIpc) is 2.47. The van der Waals surface area contributed by atoms with Crippen molar-refractivity contribution in [2.75, 3.05) is 21.2 Å². The van der Waals surface area contributed by atoms with Crippen molar-refractivity contribution >= 4 is 5.78 Å². The lowest BCUT2D eigenvalue weighted by Crippen LogP contribution is -2.53. The first-order valence-corrected chi connectivity index (χ1v) is 7.46. The van der Waals surface area contributed by atoms with Gasteiger partial charge in [-0.3, -0.25) is 9.69 Å². The molecule has 1 aliphatic rings. The largest absolute Gasteiger partial charge is 0.497 e. The number of rotatable bonds is 4. The summed E-state index contributed by atoms with van der Waals surface area (Å²) in [5, 5.41) is 0. The smallest absolute Gasteiger partial charge is 0.185 e. The predicted molar refractivity (Wildman–Crippen MR) is 81.3 cm³/mol. The summed E-state index contributed by atoms with van der Waals surface area (Å²) in [5.41, 5.74) is -0.416. The molecule has 0 bridgehead atoms. The molecule has 0 atom stereocenters. The summed E-state index contributed by atoms with van der Waals surface area (Å²) in [5.74, 6) is 0.450. The number of benzene rings is 1. The third-order valence-corrected chi connectivity index (χ3v) is 4.80. The maximum absolute atomic E-state index is 14.2. The van der Waals surface area contributed by atoms with Gasteiger partial charge in [0.25, 0.3) is 0 Å². The Bertz CT molecular complexity index is 520. The summed E-state index contributed by atoms with van der Waals surface area (Å²) in [7, 11) is 5.31. The fourth-order valence-corrected chi connectivity index (χ4v) is 3.17. The Morgan fingerprint density at radius 2 is 1.95 bits per heavy atom. The number of likely N-dealkylation sites (N-methyl/N-ethyl adjacent to an activating group) is 1. The van der Waals surface area contributed by atoms with E-state index in [1.807, 2.05) is 19.0 Å². The van der Waals surface area contributed by atoms with E-state index in [9.17, 15) is 9.18 Å². The van der Waals surface area contributed by atoms with Gasteiger partial charge in [0.15, 0.2) is 5.78 Å². The summed E-state index contributed by atoms with van der Waals surface area (Å²) in [6, 6.07) is 4.47. The second kappa shape index (κ2) is 6.14. The Hall–Kier alpha value is -1.42. The summed E-state index contributed by atoms with van der Waals surface area (Å²) in [6.45, 7) is 2.21. The SMILES string of the molecule is COc1ccc(C(=O)C2(N(C)C)CCC(C)CC2)c(F)c1. The third kappa shape index (κ3) is 2.95. The van der Waals surface area contributed by atoms with Crippen LogP contribution in [0.2, 0.25) is 0 Å². The van der Waals surface area contributed by atoms with Gasteiger partial charge in [0, 0.05) is 6.07 Å². The first kappa shape index (κ1) is 16.0. The Labute approximate surface area is 126 Å². The van der Waals surface area contributed by atoms with E-state index in [4.69, 9.17) is 4.74 Å². The Morgan fingerprint density at radius 3 is 2.43 bits per heavy atom. The van der Waals surface area contributed by atoms with Gasteiger partial charge in [-0.1, -0.05) is 6.92 Å². The second-order valence-corrected chi connectivity index (χ2v) is 6.28. The number of nitrogens with zero attached hydrogens (tertiary/aromatic N) is 1. The molecule has 0 spiro atoms. The average molecular weight is 293 g/mol. The zero-order valence-corrected chi connectivity index (χ0v) is 13.3. The van der Waals surface area contributed by atoms with Crippen LogP contribution in [0.3, 0.4) is 0 Å². The highest BCUT2D eigenvalue weighted by molar-refractivity contribution is 6.03. The molecule has 0 aliphatic heterocycles. The molecule has 0 aromatic heterocycles. The predicted octanol–water partition coefficient (Wildman–Crippen LogP) is 3.53. The minimum absolute atomic E-state index is 0.112. The van der Waals surface area contributed by atoms with Gasteiger partial charge in [0.2, 0.25) is 0 Å². The lowest BCUT2D eigenvalue weighted by atomic mass is 9.72. The number of Topliss-reactive ketones (excluding diaryl/α,β-unsaturated/α-hetero) is 1. The fraction of sp³-hybridized carbons (Fsp3) is 0.588. The molecule has 1 aliphatic carbocycles. The highest BCUT2D eigenvalue weighted by atomic mass is 19.1. The monoisotopic (exact) mass is 293 g/mol. The van der Waals surface area contributed by atoms with Crippen LogP contribution in [0.1, 0.15) is 43.0 Å². The van der Waals surface area contributed by atoms with Gasteiger partial charge in [-0.05, 0) is 57.8 Å². The topological polar surface area (TPSA) is 29.5 Å². The molecule has 1 saturated carbocycles. The number of hydrogen-bond acceptors (Lipinski definition) is 3. The van der Waals surface area contributed by atoms with Crippen molar-refractivity contribution in [3.8, 4) is 5.75 Å². The van der Waals surface area contributed by atoms with E-state index in [-0.39, 0.29) is 11.3 Å². The van der Waals surface area contributed by atoms with Crippen LogP contribution < -0.4 is 4.74 Å². The van der Waals surface area contributed by atoms with Crippen molar-refractivity contribution in [2.24, 2.45) is 5.92 Å². The van der Waals surface area contributed by atoms with E-state index in [1.54, 1.807) is 12.1 Å². The Morgan fingerprint density at radius 1 is 1.33 bits per heavy atom. The van der Waals surface area contributed by atoms with Crippen molar-refractivity contribution in [3.05, 3.63) is 29.6 Å². The normalized spacial score (nSPS) is 25.9. The number of halogens is 1. The second-order valence-electron chi connectivity index (χ2n) is 6.28. The van der Waals surface area contributed by atoms with Gasteiger partial charge >= 0.3 is 0 Å².